The van der Waals surface area contributed by atoms with Crippen molar-refractivity contribution in [2.75, 3.05) is 23.5 Å². The average molecular weight is 605 g/mol. The minimum Gasteiger partial charge on any atom is -0.465 e. The highest BCUT2D eigenvalue weighted by atomic mass is 32.2. The highest BCUT2D eigenvalue weighted by Gasteiger charge is 2.17. The van der Waals surface area contributed by atoms with E-state index in [0.29, 0.717) is 16.9 Å². The zero-order valence-corrected chi connectivity index (χ0v) is 24.4. The Morgan fingerprint density at radius 1 is 0.841 bits per heavy atom. The first-order valence-electron chi connectivity index (χ1n) is 13.6. The first kappa shape index (κ1) is 29.9. The number of anilines is 2. The topological polar surface area (TPSA) is 129 Å². The molecule has 0 aliphatic heterocycles. The van der Waals surface area contributed by atoms with Crippen molar-refractivity contribution in [3.8, 4) is 0 Å². The van der Waals surface area contributed by atoms with Crippen LogP contribution in [-0.4, -0.2) is 41.5 Å². The maximum Gasteiger partial charge on any atom is 0.339 e. The number of benzene rings is 4. The van der Waals surface area contributed by atoms with Gasteiger partial charge in [0.1, 0.15) is 5.70 Å². The van der Waals surface area contributed by atoms with E-state index < -0.39 is 17.8 Å². The molecule has 44 heavy (non-hydrogen) atoms. The van der Waals surface area contributed by atoms with Gasteiger partial charge in [0.25, 0.3) is 11.8 Å². The number of carbonyl (C=O) groups is 4. The van der Waals surface area contributed by atoms with E-state index in [0.717, 1.165) is 21.4 Å². The maximum absolute atomic E-state index is 13.5. The van der Waals surface area contributed by atoms with Crippen molar-refractivity contribution in [2.24, 2.45) is 0 Å². The summed E-state index contributed by atoms with van der Waals surface area (Å²) in [5, 5.41) is 9.26. The number of aromatic amines is 1. The van der Waals surface area contributed by atoms with Gasteiger partial charge in [-0.3, -0.25) is 14.4 Å². The lowest BCUT2D eigenvalue weighted by atomic mass is 10.1. The Labute approximate surface area is 257 Å². The summed E-state index contributed by atoms with van der Waals surface area (Å²) in [4.78, 5) is 55.1. The zero-order valence-electron chi connectivity index (χ0n) is 23.6. The number of esters is 1. The van der Waals surface area contributed by atoms with Crippen LogP contribution in [0.15, 0.2) is 120 Å². The van der Waals surface area contributed by atoms with Crippen molar-refractivity contribution in [1.82, 2.24) is 10.3 Å². The molecule has 0 aliphatic rings. The fraction of sp³-hybridized carbons (Fsp3) is 0.0588. The molecule has 0 bridgehead atoms. The van der Waals surface area contributed by atoms with E-state index in [-0.39, 0.29) is 22.9 Å². The van der Waals surface area contributed by atoms with Gasteiger partial charge in [-0.2, -0.15) is 0 Å². The molecule has 0 aliphatic carbocycles. The fourth-order valence-corrected chi connectivity index (χ4v) is 5.14. The van der Waals surface area contributed by atoms with Crippen molar-refractivity contribution < 1.29 is 23.9 Å². The van der Waals surface area contributed by atoms with Crippen LogP contribution >= 0.6 is 11.8 Å². The molecule has 4 aromatic carbocycles. The summed E-state index contributed by atoms with van der Waals surface area (Å²) in [7, 11) is 1.28. The monoisotopic (exact) mass is 604 g/mol. The third-order valence-electron chi connectivity index (χ3n) is 6.52. The summed E-state index contributed by atoms with van der Waals surface area (Å²) in [5.41, 5.74) is 3.21. The Kier molecular flexibility index (Phi) is 9.53. The highest BCUT2D eigenvalue weighted by molar-refractivity contribution is 8.00. The van der Waals surface area contributed by atoms with E-state index in [1.807, 2.05) is 36.4 Å². The van der Waals surface area contributed by atoms with Gasteiger partial charge in [0.05, 0.1) is 24.1 Å². The van der Waals surface area contributed by atoms with E-state index in [2.05, 4.69) is 20.9 Å². The Balaban J connectivity index is 1.30. The molecular formula is C34H28N4O5S. The minimum absolute atomic E-state index is 0.0605. The number of ether oxygens (including phenoxy) is 1. The number of H-pyrrole nitrogens is 1. The molecule has 0 saturated heterocycles. The number of methoxy groups -OCH3 is 1. The quantitative estimate of drug-likeness (QED) is 0.0867. The second-order valence-corrected chi connectivity index (χ2v) is 10.6. The van der Waals surface area contributed by atoms with E-state index in [9.17, 15) is 19.2 Å². The average Bonchev–Trinajstić information content (AvgIpc) is 3.46. The van der Waals surface area contributed by atoms with Gasteiger partial charge in [-0.15, -0.1) is 11.8 Å². The van der Waals surface area contributed by atoms with E-state index >= 15 is 0 Å². The Hall–Kier alpha value is -5.61. The number of rotatable bonds is 10. The summed E-state index contributed by atoms with van der Waals surface area (Å²) >= 11 is 1.26. The summed E-state index contributed by atoms with van der Waals surface area (Å²) in [5.74, 6) is -1.73. The predicted molar refractivity (Wildman–Crippen MR) is 172 cm³/mol. The molecule has 0 spiro atoms. The second-order valence-electron chi connectivity index (χ2n) is 9.52. The zero-order chi connectivity index (χ0) is 30.9. The highest BCUT2D eigenvalue weighted by Crippen LogP contribution is 2.24. The number of hydrogen-bond donors (Lipinski definition) is 4. The van der Waals surface area contributed by atoms with Gasteiger partial charge in [-0.1, -0.05) is 54.6 Å². The molecule has 1 heterocycles. The smallest absolute Gasteiger partial charge is 0.339 e. The lowest BCUT2D eigenvalue weighted by molar-refractivity contribution is -0.114. The molecule has 0 saturated carbocycles. The SMILES string of the molecule is COC(=O)c1ccccc1NC(=O)CSc1cccc(NC(=O)/C(=C\c2c[nH]c3ccccc23)NC(=O)c2ccccc2)c1. The molecule has 10 heteroatoms. The van der Waals surface area contributed by atoms with Crippen LogP contribution in [0.25, 0.3) is 17.0 Å². The van der Waals surface area contributed by atoms with Crippen molar-refractivity contribution >= 4 is 63.8 Å². The summed E-state index contributed by atoms with van der Waals surface area (Å²) in [6, 6.07) is 29.9. The maximum atomic E-state index is 13.5. The van der Waals surface area contributed by atoms with Gasteiger partial charge in [-0.05, 0) is 54.6 Å². The normalized spacial score (nSPS) is 11.1. The van der Waals surface area contributed by atoms with Gasteiger partial charge < -0.3 is 25.7 Å². The lowest BCUT2D eigenvalue weighted by Crippen LogP contribution is -2.30. The molecular weight excluding hydrogens is 576 g/mol. The van der Waals surface area contributed by atoms with Gasteiger partial charge in [0.2, 0.25) is 5.91 Å². The Morgan fingerprint density at radius 2 is 1.59 bits per heavy atom. The Morgan fingerprint density at radius 3 is 2.41 bits per heavy atom. The van der Waals surface area contributed by atoms with E-state index in [1.165, 1.54) is 18.9 Å². The van der Waals surface area contributed by atoms with Gasteiger partial charge in [0, 0.05) is 38.8 Å². The van der Waals surface area contributed by atoms with Crippen LogP contribution in [0, 0.1) is 0 Å². The van der Waals surface area contributed by atoms with Crippen LogP contribution in [0.3, 0.4) is 0 Å². The summed E-state index contributed by atoms with van der Waals surface area (Å²) < 4.78 is 4.78. The molecule has 220 valence electrons. The van der Waals surface area contributed by atoms with Crippen LogP contribution in [0.4, 0.5) is 11.4 Å². The van der Waals surface area contributed by atoms with Gasteiger partial charge >= 0.3 is 5.97 Å². The summed E-state index contributed by atoms with van der Waals surface area (Å²) in [6.07, 6.45) is 3.41. The molecule has 9 nitrogen and oxygen atoms in total. The van der Waals surface area contributed by atoms with Crippen molar-refractivity contribution in [1.29, 1.82) is 0 Å². The van der Waals surface area contributed by atoms with E-state index in [4.69, 9.17) is 4.74 Å². The van der Waals surface area contributed by atoms with Gasteiger partial charge in [0.15, 0.2) is 0 Å². The van der Waals surface area contributed by atoms with Crippen LogP contribution < -0.4 is 16.0 Å². The second kappa shape index (κ2) is 14.0. The third kappa shape index (κ3) is 7.42. The molecule has 4 N–H and O–H groups in total. The van der Waals surface area contributed by atoms with E-state index in [1.54, 1.807) is 79.0 Å². The number of hydrogen-bond acceptors (Lipinski definition) is 6. The van der Waals surface area contributed by atoms with Crippen LogP contribution in [-0.2, 0) is 14.3 Å². The standard InChI is InChI=1S/C34H28N4O5S/c1-43-34(42)27-15-6-8-17-29(27)37-31(39)21-44-25-13-9-12-24(19-25)36-33(41)30(38-32(40)22-10-3-2-4-11-22)18-23-20-35-28-16-7-5-14-26(23)28/h2-20,35H,21H2,1H3,(H,36,41)(H,37,39)(H,38,40)/b30-18+. The lowest BCUT2D eigenvalue weighted by Gasteiger charge is -2.12. The molecule has 0 atom stereocenters. The number of thioether (sulfide) groups is 1. The molecule has 0 unspecified atom stereocenters. The van der Waals surface area contributed by atoms with Crippen molar-refractivity contribution in [3.63, 3.8) is 0 Å². The third-order valence-corrected chi connectivity index (χ3v) is 7.51. The first-order chi connectivity index (χ1) is 21.4. The number of aromatic nitrogens is 1. The Bertz CT molecular complexity index is 1870. The van der Waals surface area contributed by atoms with Crippen LogP contribution in [0.1, 0.15) is 26.3 Å². The number of nitrogens with one attached hydrogen (secondary N) is 4. The summed E-state index contributed by atoms with van der Waals surface area (Å²) in [6.45, 7) is 0. The van der Waals surface area contributed by atoms with Crippen LogP contribution in [0.5, 0.6) is 0 Å². The number of carbonyl (C=O) groups excluding carboxylic acids is 4. The largest absolute Gasteiger partial charge is 0.465 e. The predicted octanol–water partition coefficient (Wildman–Crippen LogP) is 6.09. The number of fused-ring (bicyclic) bond motifs is 1. The van der Waals surface area contributed by atoms with Crippen LogP contribution in [0.2, 0.25) is 0 Å². The first-order valence-corrected chi connectivity index (χ1v) is 14.6. The number of para-hydroxylation sites is 2. The number of amides is 3. The van der Waals surface area contributed by atoms with Gasteiger partial charge in [-0.25, -0.2) is 4.79 Å². The molecule has 1 aromatic heterocycles. The molecule has 3 amide bonds. The fourth-order valence-electron chi connectivity index (χ4n) is 4.39. The molecule has 5 aromatic rings. The molecule has 0 fully saturated rings. The van der Waals surface area contributed by atoms with Crippen molar-refractivity contribution in [3.05, 3.63) is 132 Å². The minimum atomic E-state index is -0.546. The van der Waals surface area contributed by atoms with Crippen molar-refractivity contribution in [2.45, 2.75) is 4.90 Å². The molecule has 5 rings (SSSR count). The molecule has 0 radical (unpaired) electrons.